The van der Waals surface area contributed by atoms with E-state index in [1.165, 1.54) is 16.9 Å². The number of nitrogens with one attached hydrogen (secondary N) is 1. The fourth-order valence-electron chi connectivity index (χ4n) is 2.19. The summed E-state index contributed by atoms with van der Waals surface area (Å²) in [5, 5.41) is 3.04. The lowest BCUT2D eigenvalue weighted by Gasteiger charge is -2.31. The number of carbonyl (C=O) groups excluding carboxylic acids is 1. The quantitative estimate of drug-likeness (QED) is 0.851. The van der Waals surface area contributed by atoms with Crippen LogP contribution in [-0.2, 0) is 9.47 Å². The first kappa shape index (κ1) is 16.2. The number of allylic oxidation sites excluding steroid dienone is 1. The standard InChI is InChI=1S/C16H23NO3S/c1-11(2)6-9-20-14-7-8-19-10-13(14)17-16(18)15-5-4-12(3)21-15/h4-6,13-14H,7-10H2,1-3H3,(H,17,18)/t13-,14+/m0/s1. The molecule has 4 nitrogen and oxygen atoms in total. The minimum atomic E-state index is -0.0841. The van der Waals surface area contributed by atoms with Gasteiger partial charge in [-0.15, -0.1) is 11.3 Å². The van der Waals surface area contributed by atoms with Crippen LogP contribution >= 0.6 is 11.3 Å². The van der Waals surface area contributed by atoms with Gasteiger partial charge in [-0.3, -0.25) is 4.79 Å². The third kappa shape index (κ3) is 4.95. The summed E-state index contributed by atoms with van der Waals surface area (Å²) >= 11 is 1.50. The fraction of sp³-hybridized carbons (Fsp3) is 0.562. The van der Waals surface area contributed by atoms with E-state index >= 15 is 0 Å². The molecule has 0 radical (unpaired) electrons. The summed E-state index contributed by atoms with van der Waals surface area (Å²) in [5.41, 5.74) is 1.23. The Morgan fingerprint density at radius 2 is 2.33 bits per heavy atom. The molecular weight excluding hydrogens is 286 g/mol. The molecule has 0 spiro atoms. The number of thiophene rings is 1. The van der Waals surface area contributed by atoms with Crippen LogP contribution < -0.4 is 5.32 Å². The van der Waals surface area contributed by atoms with Gasteiger partial charge in [0.1, 0.15) is 0 Å². The number of rotatable bonds is 5. The van der Waals surface area contributed by atoms with E-state index in [0.29, 0.717) is 19.8 Å². The highest BCUT2D eigenvalue weighted by Crippen LogP contribution is 2.17. The van der Waals surface area contributed by atoms with Crippen molar-refractivity contribution in [1.29, 1.82) is 0 Å². The number of carbonyl (C=O) groups is 1. The summed E-state index contributed by atoms with van der Waals surface area (Å²) in [5.74, 6) is -0.0422. The highest BCUT2D eigenvalue weighted by Gasteiger charge is 2.28. The van der Waals surface area contributed by atoms with E-state index in [1.807, 2.05) is 32.9 Å². The van der Waals surface area contributed by atoms with Crippen LogP contribution in [0.25, 0.3) is 0 Å². The molecular formula is C16H23NO3S. The smallest absolute Gasteiger partial charge is 0.261 e. The molecule has 1 saturated heterocycles. The maximum Gasteiger partial charge on any atom is 0.261 e. The Kier molecular flexibility index (Phi) is 5.96. The number of hydrogen-bond acceptors (Lipinski definition) is 4. The molecule has 1 aliphatic rings. The van der Waals surface area contributed by atoms with Crippen molar-refractivity contribution in [3.63, 3.8) is 0 Å². The van der Waals surface area contributed by atoms with Crippen molar-refractivity contribution >= 4 is 17.2 Å². The summed E-state index contributed by atoms with van der Waals surface area (Å²) in [4.78, 5) is 14.1. The Labute approximate surface area is 130 Å². The van der Waals surface area contributed by atoms with E-state index in [4.69, 9.17) is 9.47 Å². The normalized spacial score (nSPS) is 21.9. The van der Waals surface area contributed by atoms with Crippen LogP contribution in [0.1, 0.15) is 34.8 Å². The molecule has 0 aromatic carbocycles. The number of amides is 1. The van der Waals surface area contributed by atoms with E-state index in [-0.39, 0.29) is 18.1 Å². The van der Waals surface area contributed by atoms with Gasteiger partial charge in [0.2, 0.25) is 0 Å². The van der Waals surface area contributed by atoms with Crippen molar-refractivity contribution in [3.8, 4) is 0 Å². The van der Waals surface area contributed by atoms with E-state index in [1.54, 1.807) is 0 Å². The highest BCUT2D eigenvalue weighted by atomic mass is 32.1. The Hall–Kier alpha value is -1.17. The van der Waals surface area contributed by atoms with E-state index in [2.05, 4.69) is 11.4 Å². The zero-order valence-electron chi connectivity index (χ0n) is 12.8. The van der Waals surface area contributed by atoms with Crippen molar-refractivity contribution in [2.45, 2.75) is 39.3 Å². The maximum atomic E-state index is 12.2. The molecule has 0 aliphatic carbocycles. The molecule has 2 heterocycles. The van der Waals surface area contributed by atoms with Crippen molar-refractivity contribution in [2.75, 3.05) is 19.8 Å². The summed E-state index contributed by atoms with van der Waals surface area (Å²) in [6.07, 6.45) is 2.88. The largest absolute Gasteiger partial charge is 0.379 e. The molecule has 116 valence electrons. The zero-order chi connectivity index (χ0) is 15.2. The average Bonchev–Trinajstić information content (AvgIpc) is 2.87. The maximum absolute atomic E-state index is 12.2. The first-order valence-corrected chi connectivity index (χ1v) is 8.08. The molecule has 0 saturated carbocycles. The van der Waals surface area contributed by atoms with Crippen molar-refractivity contribution < 1.29 is 14.3 Å². The van der Waals surface area contributed by atoms with Gasteiger partial charge in [-0.2, -0.15) is 0 Å². The summed E-state index contributed by atoms with van der Waals surface area (Å²) in [7, 11) is 0. The molecule has 1 fully saturated rings. The Morgan fingerprint density at radius 1 is 1.52 bits per heavy atom. The van der Waals surface area contributed by atoms with Gasteiger partial charge in [0, 0.05) is 11.5 Å². The number of aryl methyl sites for hydroxylation is 1. The second kappa shape index (κ2) is 7.73. The van der Waals surface area contributed by atoms with Gasteiger partial charge in [-0.1, -0.05) is 11.6 Å². The number of ether oxygens (including phenoxy) is 2. The monoisotopic (exact) mass is 309 g/mol. The predicted octanol–water partition coefficient (Wildman–Crippen LogP) is 2.93. The topological polar surface area (TPSA) is 47.6 Å². The molecule has 1 N–H and O–H groups in total. The minimum absolute atomic E-state index is 0.0133. The summed E-state index contributed by atoms with van der Waals surface area (Å²) < 4.78 is 11.4. The molecule has 5 heteroatoms. The van der Waals surface area contributed by atoms with Crippen LogP contribution in [0.5, 0.6) is 0 Å². The molecule has 1 aromatic heterocycles. The molecule has 1 amide bonds. The average molecular weight is 309 g/mol. The first-order chi connectivity index (χ1) is 10.1. The van der Waals surface area contributed by atoms with Crippen LogP contribution in [0.15, 0.2) is 23.8 Å². The van der Waals surface area contributed by atoms with Crippen LogP contribution in [-0.4, -0.2) is 37.9 Å². The highest BCUT2D eigenvalue weighted by molar-refractivity contribution is 7.13. The zero-order valence-corrected chi connectivity index (χ0v) is 13.7. The molecule has 2 atom stereocenters. The van der Waals surface area contributed by atoms with Crippen molar-refractivity contribution in [2.24, 2.45) is 0 Å². The van der Waals surface area contributed by atoms with Gasteiger partial charge >= 0.3 is 0 Å². The summed E-state index contributed by atoms with van der Waals surface area (Å²) in [6, 6.07) is 3.73. The van der Waals surface area contributed by atoms with E-state index < -0.39 is 0 Å². The van der Waals surface area contributed by atoms with Crippen LogP contribution in [0.2, 0.25) is 0 Å². The van der Waals surface area contributed by atoms with Crippen LogP contribution in [0, 0.1) is 6.92 Å². The first-order valence-electron chi connectivity index (χ1n) is 7.26. The van der Waals surface area contributed by atoms with Gasteiger partial charge < -0.3 is 14.8 Å². The van der Waals surface area contributed by atoms with Gasteiger partial charge in [-0.05, 0) is 39.3 Å². The fourth-order valence-corrected chi connectivity index (χ4v) is 2.96. The van der Waals surface area contributed by atoms with Gasteiger partial charge in [0.15, 0.2) is 0 Å². The summed E-state index contributed by atoms with van der Waals surface area (Å²) in [6.45, 7) is 7.87. The Morgan fingerprint density at radius 3 is 3.00 bits per heavy atom. The Bertz CT molecular complexity index is 505. The molecule has 1 aliphatic heterocycles. The SMILES string of the molecule is CC(C)=CCO[C@@H]1CCOC[C@@H]1NC(=O)c1ccc(C)s1. The number of hydrogen-bond donors (Lipinski definition) is 1. The molecule has 2 rings (SSSR count). The van der Waals surface area contributed by atoms with Gasteiger partial charge in [-0.25, -0.2) is 0 Å². The lowest BCUT2D eigenvalue weighted by atomic mass is 10.1. The lowest BCUT2D eigenvalue weighted by molar-refractivity contribution is -0.0457. The van der Waals surface area contributed by atoms with Crippen LogP contribution in [0.4, 0.5) is 0 Å². The van der Waals surface area contributed by atoms with Crippen LogP contribution in [0.3, 0.4) is 0 Å². The van der Waals surface area contributed by atoms with Gasteiger partial charge in [0.25, 0.3) is 5.91 Å². The van der Waals surface area contributed by atoms with Crippen molar-refractivity contribution in [3.05, 3.63) is 33.5 Å². The third-order valence-electron chi connectivity index (χ3n) is 3.38. The van der Waals surface area contributed by atoms with E-state index in [9.17, 15) is 4.79 Å². The van der Waals surface area contributed by atoms with Crippen molar-refractivity contribution in [1.82, 2.24) is 5.32 Å². The lowest BCUT2D eigenvalue weighted by Crippen LogP contribution is -2.50. The van der Waals surface area contributed by atoms with Gasteiger partial charge in [0.05, 0.1) is 30.2 Å². The molecule has 1 aromatic rings. The molecule has 21 heavy (non-hydrogen) atoms. The Balaban J connectivity index is 1.92. The third-order valence-corrected chi connectivity index (χ3v) is 4.37. The molecule has 0 bridgehead atoms. The second-order valence-corrected chi connectivity index (χ2v) is 6.80. The predicted molar refractivity (Wildman–Crippen MR) is 84.9 cm³/mol. The minimum Gasteiger partial charge on any atom is -0.379 e. The van der Waals surface area contributed by atoms with E-state index in [0.717, 1.165) is 16.2 Å². The molecule has 0 unspecified atom stereocenters. The second-order valence-electron chi connectivity index (χ2n) is 5.51.